The minimum absolute atomic E-state index is 0.119. The minimum Gasteiger partial charge on any atom is -0.396 e. The van der Waals surface area contributed by atoms with Gasteiger partial charge in [-0.15, -0.1) is 0 Å². The zero-order chi connectivity index (χ0) is 21.2. The van der Waals surface area contributed by atoms with Gasteiger partial charge in [-0.1, -0.05) is 60.2 Å². The molecule has 0 spiro atoms. The van der Waals surface area contributed by atoms with Gasteiger partial charge in [0.05, 0.1) is 0 Å². The number of hydrogen-bond acceptors (Lipinski definition) is 5. The van der Waals surface area contributed by atoms with Crippen molar-refractivity contribution in [3.63, 3.8) is 0 Å². The van der Waals surface area contributed by atoms with Gasteiger partial charge in [-0.3, -0.25) is 4.68 Å². The Morgan fingerprint density at radius 3 is 2.52 bits per heavy atom. The number of nitrogens with zero attached hydrogens (tertiary/aromatic N) is 5. The van der Waals surface area contributed by atoms with Crippen molar-refractivity contribution in [2.24, 2.45) is 0 Å². The van der Waals surface area contributed by atoms with Gasteiger partial charge in [0.25, 0.3) is 0 Å². The molecule has 5 rings (SSSR count). The van der Waals surface area contributed by atoms with Gasteiger partial charge in [-0.25, -0.2) is 15.0 Å². The van der Waals surface area contributed by atoms with Crippen LogP contribution in [-0.4, -0.2) is 41.4 Å². The number of H-pyrrole nitrogens is 1. The van der Waals surface area contributed by atoms with Gasteiger partial charge in [0.2, 0.25) is 0 Å². The summed E-state index contributed by atoms with van der Waals surface area (Å²) < 4.78 is 1.86. The maximum absolute atomic E-state index is 9.25. The molecule has 3 heterocycles. The fourth-order valence-electron chi connectivity index (χ4n) is 3.63. The van der Waals surface area contributed by atoms with Gasteiger partial charge in [0, 0.05) is 36.0 Å². The largest absolute Gasteiger partial charge is 0.396 e. The molecule has 0 saturated carbocycles. The third kappa shape index (κ3) is 3.71. The summed E-state index contributed by atoms with van der Waals surface area (Å²) in [6, 6.07) is 18.2. The van der Waals surface area contributed by atoms with Gasteiger partial charge in [0.15, 0.2) is 5.65 Å². The number of aryl methyl sites for hydroxylation is 2. The maximum Gasteiger partial charge on any atom is 0.181 e. The SMILES string of the molecule is Cc1ccc(-c2nn(CCCO)cc2-c2ncnc3nc(-c4ccccc4)[nH]c23)cc1. The fraction of sp³-hybridized carbons (Fsp3) is 0.167. The molecule has 2 N–H and O–H groups in total. The van der Waals surface area contributed by atoms with Crippen molar-refractivity contribution in [3.8, 4) is 33.9 Å². The third-order valence-corrected chi connectivity index (χ3v) is 5.22. The van der Waals surface area contributed by atoms with Crippen molar-refractivity contribution in [2.45, 2.75) is 19.9 Å². The third-order valence-electron chi connectivity index (χ3n) is 5.22. The van der Waals surface area contributed by atoms with Crippen LogP contribution in [0.15, 0.2) is 67.1 Å². The Hall–Kier alpha value is -3.84. The topological polar surface area (TPSA) is 92.5 Å². The predicted molar refractivity (Wildman–Crippen MR) is 120 cm³/mol. The highest BCUT2D eigenvalue weighted by atomic mass is 16.3. The summed E-state index contributed by atoms with van der Waals surface area (Å²) in [5.74, 6) is 0.752. The summed E-state index contributed by atoms with van der Waals surface area (Å²) in [6.07, 6.45) is 4.16. The first-order chi connectivity index (χ1) is 15.2. The van der Waals surface area contributed by atoms with Gasteiger partial charge < -0.3 is 10.1 Å². The monoisotopic (exact) mass is 410 g/mol. The van der Waals surface area contributed by atoms with Gasteiger partial charge >= 0.3 is 0 Å². The van der Waals surface area contributed by atoms with E-state index in [1.807, 2.05) is 41.2 Å². The molecule has 0 aliphatic carbocycles. The van der Waals surface area contributed by atoms with Crippen molar-refractivity contribution in [3.05, 3.63) is 72.7 Å². The summed E-state index contributed by atoms with van der Waals surface area (Å²) in [4.78, 5) is 17.0. The molecule has 0 amide bonds. The van der Waals surface area contributed by atoms with Crippen molar-refractivity contribution < 1.29 is 5.11 Å². The number of rotatable bonds is 6. The van der Waals surface area contributed by atoms with Gasteiger partial charge in [-0.2, -0.15) is 5.10 Å². The Kier molecular flexibility index (Phi) is 5.01. The Labute approximate surface area is 179 Å². The highest BCUT2D eigenvalue weighted by Crippen LogP contribution is 2.34. The number of imidazole rings is 1. The molecule has 0 unspecified atom stereocenters. The second-order valence-corrected chi connectivity index (χ2v) is 7.47. The number of nitrogens with one attached hydrogen (secondary N) is 1. The van der Waals surface area contributed by atoms with Crippen LogP contribution in [0, 0.1) is 6.92 Å². The van der Waals surface area contributed by atoms with Crippen molar-refractivity contribution in [2.75, 3.05) is 6.61 Å². The lowest BCUT2D eigenvalue weighted by molar-refractivity contribution is 0.277. The molecular weight excluding hydrogens is 388 g/mol. The lowest BCUT2D eigenvalue weighted by Gasteiger charge is -2.03. The van der Waals surface area contributed by atoms with Crippen LogP contribution in [0.3, 0.4) is 0 Å². The Morgan fingerprint density at radius 1 is 0.935 bits per heavy atom. The fourth-order valence-corrected chi connectivity index (χ4v) is 3.63. The first-order valence-corrected chi connectivity index (χ1v) is 10.2. The molecule has 3 aromatic heterocycles. The molecule has 0 fully saturated rings. The van der Waals surface area contributed by atoms with Crippen LogP contribution < -0.4 is 0 Å². The van der Waals surface area contributed by atoms with E-state index >= 15 is 0 Å². The maximum atomic E-state index is 9.25. The Morgan fingerprint density at radius 2 is 1.74 bits per heavy atom. The van der Waals surface area contributed by atoms with Crippen LogP contribution in [0.5, 0.6) is 0 Å². The Balaban J connectivity index is 1.67. The average Bonchev–Trinajstić information content (AvgIpc) is 3.43. The molecule has 0 aliphatic heterocycles. The first-order valence-electron chi connectivity index (χ1n) is 10.2. The summed E-state index contributed by atoms with van der Waals surface area (Å²) in [5, 5.41) is 14.1. The molecule has 0 radical (unpaired) electrons. The molecule has 0 aliphatic rings. The number of hydrogen-bond donors (Lipinski definition) is 2. The van der Waals surface area contributed by atoms with E-state index in [9.17, 15) is 5.11 Å². The molecule has 154 valence electrons. The van der Waals surface area contributed by atoms with Gasteiger partial charge in [0.1, 0.15) is 29.1 Å². The Bertz CT molecular complexity index is 1320. The number of fused-ring (bicyclic) bond motifs is 1. The number of aromatic nitrogens is 6. The molecule has 7 nitrogen and oxygen atoms in total. The second-order valence-electron chi connectivity index (χ2n) is 7.47. The number of benzene rings is 2. The van der Waals surface area contributed by atoms with E-state index in [1.54, 1.807) is 0 Å². The smallest absolute Gasteiger partial charge is 0.181 e. The highest BCUT2D eigenvalue weighted by molar-refractivity contribution is 5.93. The van der Waals surface area contributed by atoms with Crippen LogP contribution in [0.2, 0.25) is 0 Å². The van der Waals surface area contributed by atoms with Gasteiger partial charge in [-0.05, 0) is 13.3 Å². The van der Waals surface area contributed by atoms with Crippen molar-refractivity contribution >= 4 is 11.2 Å². The summed E-state index contributed by atoms with van der Waals surface area (Å²) in [7, 11) is 0. The zero-order valence-corrected chi connectivity index (χ0v) is 17.2. The van der Waals surface area contributed by atoms with E-state index in [4.69, 9.17) is 5.10 Å². The first kappa shape index (κ1) is 19.1. The van der Waals surface area contributed by atoms with Crippen LogP contribution in [-0.2, 0) is 6.54 Å². The predicted octanol–water partition coefficient (Wildman–Crippen LogP) is 4.24. The van der Waals surface area contributed by atoms with E-state index in [0.29, 0.717) is 18.6 Å². The quantitative estimate of drug-likeness (QED) is 0.437. The van der Waals surface area contributed by atoms with E-state index in [-0.39, 0.29) is 6.61 Å². The molecule has 0 saturated heterocycles. The molecule has 31 heavy (non-hydrogen) atoms. The standard InChI is InChI=1S/C24H22N6O/c1-16-8-10-17(11-9-16)20-19(14-30(29-20)12-5-13-31)21-22-24(26-15-25-21)28-23(27-22)18-6-3-2-4-7-18/h2-4,6-11,14-15,31H,5,12-13H2,1H3,(H,25,26,27,28). The normalized spacial score (nSPS) is 11.3. The summed E-state index contributed by atoms with van der Waals surface area (Å²) in [5.41, 5.74) is 7.08. The molecular formula is C24H22N6O. The highest BCUT2D eigenvalue weighted by Gasteiger charge is 2.19. The lowest BCUT2D eigenvalue weighted by atomic mass is 10.0. The zero-order valence-electron chi connectivity index (χ0n) is 17.2. The van der Waals surface area contributed by atoms with E-state index in [2.05, 4.69) is 51.1 Å². The molecule has 2 aromatic carbocycles. The van der Waals surface area contributed by atoms with Crippen molar-refractivity contribution in [1.82, 2.24) is 29.7 Å². The number of aliphatic hydroxyl groups is 1. The van der Waals surface area contributed by atoms with E-state index in [0.717, 1.165) is 39.4 Å². The molecule has 7 heteroatoms. The van der Waals surface area contributed by atoms with E-state index in [1.165, 1.54) is 11.9 Å². The molecule has 5 aromatic rings. The summed E-state index contributed by atoms with van der Waals surface area (Å²) in [6.45, 7) is 2.81. The van der Waals surface area contributed by atoms with Crippen LogP contribution >= 0.6 is 0 Å². The van der Waals surface area contributed by atoms with Crippen molar-refractivity contribution in [1.29, 1.82) is 0 Å². The summed E-state index contributed by atoms with van der Waals surface area (Å²) >= 11 is 0. The lowest BCUT2D eigenvalue weighted by Crippen LogP contribution is -2.00. The van der Waals surface area contributed by atoms with Crippen LogP contribution in [0.25, 0.3) is 45.1 Å². The number of aliphatic hydroxyl groups excluding tert-OH is 1. The average molecular weight is 410 g/mol. The molecule has 0 bridgehead atoms. The minimum atomic E-state index is 0.119. The number of aromatic amines is 1. The second kappa shape index (κ2) is 8.12. The molecule has 0 atom stereocenters. The van der Waals surface area contributed by atoms with E-state index < -0.39 is 0 Å². The van der Waals surface area contributed by atoms with Crippen LogP contribution in [0.4, 0.5) is 0 Å². The van der Waals surface area contributed by atoms with Crippen LogP contribution in [0.1, 0.15) is 12.0 Å².